The second kappa shape index (κ2) is 5.10. The molecule has 2 N–H and O–H groups in total. The van der Waals surface area contributed by atoms with Gasteiger partial charge < -0.3 is 10.4 Å². The predicted octanol–water partition coefficient (Wildman–Crippen LogP) is -0.527. The van der Waals surface area contributed by atoms with Crippen LogP contribution in [-0.2, 0) is 4.79 Å². The van der Waals surface area contributed by atoms with Crippen LogP contribution in [0.25, 0.3) is 0 Å². The van der Waals surface area contributed by atoms with E-state index in [1.165, 1.54) is 0 Å². The molecule has 5 nitrogen and oxygen atoms in total. The first kappa shape index (κ1) is 12.0. The van der Waals surface area contributed by atoms with Crippen molar-refractivity contribution in [2.24, 2.45) is 0 Å². The van der Waals surface area contributed by atoms with E-state index in [2.05, 4.69) is 5.32 Å². The number of nitrogens with one attached hydrogen (secondary N) is 1. The highest BCUT2D eigenvalue weighted by Gasteiger charge is 2.39. The number of likely N-dealkylation sites (tertiary alicyclic amines) is 1. The van der Waals surface area contributed by atoms with Crippen LogP contribution in [0.4, 0.5) is 0 Å². The van der Waals surface area contributed by atoms with E-state index in [-0.39, 0.29) is 5.91 Å². The maximum Gasteiger partial charge on any atom is 0.234 e. The molecule has 1 heterocycles. The highest BCUT2D eigenvalue weighted by Crippen LogP contribution is 2.23. The van der Waals surface area contributed by atoms with Crippen LogP contribution in [0.2, 0.25) is 0 Å². The summed E-state index contributed by atoms with van der Waals surface area (Å²) < 4.78 is 0. The van der Waals surface area contributed by atoms with Gasteiger partial charge in [-0.3, -0.25) is 9.69 Å². The molecule has 0 aromatic carbocycles. The second-order valence-electron chi connectivity index (χ2n) is 3.98. The van der Waals surface area contributed by atoms with Crippen molar-refractivity contribution < 1.29 is 9.90 Å². The van der Waals surface area contributed by atoms with Crippen molar-refractivity contribution in [3.63, 3.8) is 0 Å². The SMILES string of the molecule is CCC1(O)CN(CC(=O)NCCC#N)C1. The van der Waals surface area contributed by atoms with Crippen molar-refractivity contribution in [1.82, 2.24) is 10.2 Å². The van der Waals surface area contributed by atoms with Gasteiger partial charge in [-0.25, -0.2) is 0 Å². The lowest BCUT2D eigenvalue weighted by Gasteiger charge is -2.45. The van der Waals surface area contributed by atoms with Crippen molar-refractivity contribution in [3.8, 4) is 6.07 Å². The lowest BCUT2D eigenvalue weighted by molar-refractivity contribution is -0.132. The van der Waals surface area contributed by atoms with Gasteiger partial charge in [-0.15, -0.1) is 0 Å². The first-order valence-electron chi connectivity index (χ1n) is 5.18. The Kier molecular flexibility index (Phi) is 4.06. The molecule has 0 unspecified atom stereocenters. The predicted molar refractivity (Wildman–Crippen MR) is 54.9 cm³/mol. The Labute approximate surface area is 89.7 Å². The van der Waals surface area contributed by atoms with Crippen LogP contribution >= 0.6 is 0 Å². The fourth-order valence-corrected chi connectivity index (χ4v) is 1.64. The molecule has 1 aliphatic heterocycles. The third kappa shape index (κ3) is 3.50. The van der Waals surface area contributed by atoms with Gasteiger partial charge in [0, 0.05) is 19.6 Å². The van der Waals surface area contributed by atoms with Gasteiger partial charge in [0.15, 0.2) is 0 Å². The molecular formula is C10H17N3O2. The fourth-order valence-electron chi connectivity index (χ4n) is 1.64. The molecule has 0 aliphatic carbocycles. The number of aliphatic hydroxyl groups is 1. The molecule has 0 saturated carbocycles. The third-order valence-electron chi connectivity index (χ3n) is 2.62. The maximum atomic E-state index is 11.3. The molecule has 5 heteroatoms. The molecule has 1 amide bonds. The topological polar surface area (TPSA) is 76.4 Å². The minimum atomic E-state index is -0.590. The summed E-state index contributed by atoms with van der Waals surface area (Å²) in [6, 6.07) is 1.96. The Morgan fingerprint density at radius 3 is 2.87 bits per heavy atom. The summed E-state index contributed by atoms with van der Waals surface area (Å²) >= 11 is 0. The van der Waals surface area contributed by atoms with E-state index in [1.54, 1.807) is 0 Å². The minimum absolute atomic E-state index is 0.0802. The zero-order valence-corrected chi connectivity index (χ0v) is 8.99. The van der Waals surface area contributed by atoms with E-state index in [1.807, 2.05) is 17.9 Å². The molecule has 0 aromatic heterocycles. The number of amides is 1. The van der Waals surface area contributed by atoms with E-state index < -0.39 is 5.60 Å². The van der Waals surface area contributed by atoms with Crippen LogP contribution in [-0.4, -0.2) is 47.7 Å². The summed E-state index contributed by atoms with van der Waals surface area (Å²) in [5.41, 5.74) is -0.590. The van der Waals surface area contributed by atoms with Crippen LogP contribution in [0.1, 0.15) is 19.8 Å². The Bertz CT molecular complexity index is 266. The van der Waals surface area contributed by atoms with Crippen LogP contribution < -0.4 is 5.32 Å². The van der Waals surface area contributed by atoms with Gasteiger partial charge in [0.2, 0.25) is 5.91 Å². The van der Waals surface area contributed by atoms with Crippen LogP contribution in [0.3, 0.4) is 0 Å². The van der Waals surface area contributed by atoms with Gasteiger partial charge in [-0.2, -0.15) is 5.26 Å². The molecule has 84 valence electrons. The van der Waals surface area contributed by atoms with E-state index in [4.69, 9.17) is 5.26 Å². The van der Waals surface area contributed by atoms with Gasteiger partial charge in [0.1, 0.15) is 0 Å². The first-order chi connectivity index (χ1) is 7.09. The molecule has 0 atom stereocenters. The molecule has 0 spiro atoms. The Balaban J connectivity index is 2.11. The molecule has 0 aromatic rings. The van der Waals surface area contributed by atoms with Crippen LogP contribution in [0.5, 0.6) is 0 Å². The Morgan fingerprint density at radius 2 is 2.33 bits per heavy atom. The second-order valence-corrected chi connectivity index (χ2v) is 3.98. The summed E-state index contributed by atoms with van der Waals surface area (Å²) in [6.07, 6.45) is 1.06. The molecule has 1 saturated heterocycles. The quantitative estimate of drug-likeness (QED) is 0.599. The van der Waals surface area contributed by atoms with E-state index in [0.29, 0.717) is 32.6 Å². The van der Waals surface area contributed by atoms with Gasteiger partial charge in [-0.1, -0.05) is 6.92 Å². The average Bonchev–Trinajstić information content (AvgIpc) is 2.15. The number of carbonyl (C=O) groups excluding carboxylic acids is 1. The number of hydrogen-bond donors (Lipinski definition) is 2. The fraction of sp³-hybridized carbons (Fsp3) is 0.800. The van der Waals surface area contributed by atoms with Crippen LogP contribution in [0, 0.1) is 11.3 Å². The summed E-state index contributed by atoms with van der Waals surface area (Å²) in [6.45, 7) is 3.78. The molecule has 1 fully saturated rings. The zero-order chi connectivity index (χ0) is 11.3. The Morgan fingerprint density at radius 1 is 1.67 bits per heavy atom. The summed E-state index contributed by atoms with van der Waals surface area (Å²) in [5.74, 6) is -0.0802. The lowest BCUT2D eigenvalue weighted by Crippen LogP contribution is -2.63. The van der Waals surface area contributed by atoms with E-state index >= 15 is 0 Å². The molecule has 1 aliphatic rings. The Hall–Kier alpha value is -1.12. The van der Waals surface area contributed by atoms with Crippen LogP contribution in [0.15, 0.2) is 0 Å². The minimum Gasteiger partial charge on any atom is -0.387 e. The monoisotopic (exact) mass is 211 g/mol. The molecule has 0 radical (unpaired) electrons. The highest BCUT2D eigenvalue weighted by atomic mass is 16.3. The molecular weight excluding hydrogens is 194 g/mol. The number of hydrogen-bond acceptors (Lipinski definition) is 4. The third-order valence-corrected chi connectivity index (χ3v) is 2.62. The summed E-state index contributed by atoms with van der Waals surface area (Å²) in [5, 5.41) is 20.6. The lowest BCUT2D eigenvalue weighted by atomic mass is 9.91. The molecule has 15 heavy (non-hydrogen) atoms. The number of nitriles is 1. The standard InChI is InChI=1S/C10H17N3O2/c1-2-10(15)7-13(8-10)6-9(14)12-5-3-4-11/h15H,2-3,5-8H2,1H3,(H,12,14). The van der Waals surface area contributed by atoms with Crippen molar-refractivity contribution in [3.05, 3.63) is 0 Å². The van der Waals surface area contributed by atoms with Gasteiger partial charge >= 0.3 is 0 Å². The largest absolute Gasteiger partial charge is 0.387 e. The van der Waals surface area contributed by atoms with E-state index in [0.717, 1.165) is 6.42 Å². The number of β-amino-alcohol motifs (C(OH)–C–C–N with tert-alkyl or cyclic N) is 1. The van der Waals surface area contributed by atoms with E-state index in [9.17, 15) is 9.90 Å². The maximum absolute atomic E-state index is 11.3. The zero-order valence-electron chi connectivity index (χ0n) is 8.99. The summed E-state index contributed by atoms with van der Waals surface area (Å²) in [7, 11) is 0. The molecule has 1 rings (SSSR count). The van der Waals surface area contributed by atoms with Crippen molar-refractivity contribution in [2.75, 3.05) is 26.2 Å². The smallest absolute Gasteiger partial charge is 0.234 e. The van der Waals surface area contributed by atoms with Crippen molar-refractivity contribution >= 4 is 5.91 Å². The normalized spacial score (nSPS) is 19.0. The number of nitrogens with zero attached hydrogens (tertiary/aromatic N) is 2. The number of carbonyl (C=O) groups is 1. The molecule has 0 bridgehead atoms. The van der Waals surface area contributed by atoms with Crippen molar-refractivity contribution in [2.45, 2.75) is 25.4 Å². The average molecular weight is 211 g/mol. The number of rotatable bonds is 5. The summed E-state index contributed by atoms with van der Waals surface area (Å²) in [4.78, 5) is 13.2. The van der Waals surface area contributed by atoms with Gasteiger partial charge in [0.05, 0.1) is 24.6 Å². The van der Waals surface area contributed by atoms with Gasteiger partial charge in [0.25, 0.3) is 0 Å². The van der Waals surface area contributed by atoms with Crippen molar-refractivity contribution in [1.29, 1.82) is 5.26 Å². The van der Waals surface area contributed by atoms with Gasteiger partial charge in [-0.05, 0) is 6.42 Å². The first-order valence-corrected chi connectivity index (χ1v) is 5.18. The highest BCUT2D eigenvalue weighted by molar-refractivity contribution is 5.78.